The lowest BCUT2D eigenvalue weighted by Crippen LogP contribution is -2.04. The van der Waals surface area contributed by atoms with Crippen molar-refractivity contribution in [3.05, 3.63) is 40.1 Å². The summed E-state index contributed by atoms with van der Waals surface area (Å²) in [6.07, 6.45) is 0.117. The van der Waals surface area contributed by atoms with Gasteiger partial charge in [-0.3, -0.25) is 4.79 Å². The number of rotatable bonds is 4. The largest absolute Gasteiger partial charge is 0.469 e. The Morgan fingerprint density at radius 2 is 2.37 bits per heavy atom. The first-order valence-electron chi connectivity index (χ1n) is 5.32. The van der Waals surface area contributed by atoms with Crippen LogP contribution in [0.2, 0.25) is 5.02 Å². The van der Waals surface area contributed by atoms with Crippen molar-refractivity contribution in [2.75, 3.05) is 12.4 Å². The predicted molar refractivity (Wildman–Crippen MR) is 72.5 cm³/mol. The molecule has 1 aromatic carbocycles. The number of esters is 1. The van der Waals surface area contributed by atoms with E-state index in [1.807, 2.05) is 0 Å². The van der Waals surface area contributed by atoms with E-state index in [9.17, 15) is 9.18 Å². The van der Waals surface area contributed by atoms with E-state index in [1.165, 1.54) is 36.6 Å². The lowest BCUT2D eigenvalue weighted by atomic mass is 10.3. The zero-order chi connectivity index (χ0) is 13.8. The first-order valence-corrected chi connectivity index (χ1v) is 6.57. The predicted octanol–water partition coefficient (Wildman–Crippen LogP) is 3.39. The molecule has 0 amide bonds. The van der Waals surface area contributed by atoms with Crippen LogP contribution in [0.5, 0.6) is 0 Å². The van der Waals surface area contributed by atoms with Gasteiger partial charge >= 0.3 is 5.97 Å². The summed E-state index contributed by atoms with van der Waals surface area (Å²) < 4.78 is 17.5. The first kappa shape index (κ1) is 13.8. The van der Waals surface area contributed by atoms with Crippen molar-refractivity contribution in [3.63, 3.8) is 0 Å². The molecule has 0 aliphatic carbocycles. The maximum Gasteiger partial charge on any atom is 0.311 e. The Kier molecular flexibility index (Phi) is 4.34. The average Bonchev–Trinajstić information content (AvgIpc) is 2.80. The third kappa shape index (κ3) is 3.65. The number of anilines is 2. The molecule has 0 fully saturated rings. The second-order valence-electron chi connectivity index (χ2n) is 3.65. The summed E-state index contributed by atoms with van der Waals surface area (Å²) >= 11 is 7.22. The van der Waals surface area contributed by atoms with Gasteiger partial charge in [0.25, 0.3) is 0 Å². The van der Waals surface area contributed by atoms with Gasteiger partial charge in [-0.25, -0.2) is 9.37 Å². The van der Waals surface area contributed by atoms with Gasteiger partial charge in [0, 0.05) is 5.38 Å². The van der Waals surface area contributed by atoms with Crippen LogP contribution in [-0.4, -0.2) is 18.1 Å². The lowest BCUT2D eigenvalue weighted by Gasteiger charge is -2.04. The monoisotopic (exact) mass is 300 g/mol. The Morgan fingerprint density at radius 1 is 1.58 bits per heavy atom. The second-order valence-corrected chi connectivity index (χ2v) is 4.91. The zero-order valence-electron chi connectivity index (χ0n) is 9.94. The van der Waals surface area contributed by atoms with Crippen LogP contribution in [0.15, 0.2) is 23.6 Å². The molecule has 2 aromatic rings. The zero-order valence-corrected chi connectivity index (χ0v) is 11.5. The minimum Gasteiger partial charge on any atom is -0.469 e. The topological polar surface area (TPSA) is 51.2 Å². The number of aromatic nitrogens is 1. The molecule has 7 heteroatoms. The number of hydrogen-bond donors (Lipinski definition) is 1. The van der Waals surface area contributed by atoms with Gasteiger partial charge in [0.05, 0.1) is 29.9 Å². The van der Waals surface area contributed by atoms with Crippen molar-refractivity contribution in [1.29, 1.82) is 0 Å². The third-order valence-corrected chi connectivity index (χ3v) is 3.40. The van der Waals surface area contributed by atoms with Gasteiger partial charge in [-0.2, -0.15) is 0 Å². The molecular weight excluding hydrogens is 291 g/mol. The maximum atomic E-state index is 12.9. The van der Waals surface area contributed by atoms with Gasteiger partial charge in [0.1, 0.15) is 5.82 Å². The number of halogens is 2. The lowest BCUT2D eigenvalue weighted by molar-refractivity contribution is -0.139. The Labute approximate surface area is 118 Å². The Hall–Kier alpha value is -1.66. The number of methoxy groups -OCH3 is 1. The molecule has 0 saturated carbocycles. The van der Waals surface area contributed by atoms with E-state index in [4.69, 9.17) is 11.6 Å². The Balaban J connectivity index is 2.09. The fraction of sp³-hybridized carbons (Fsp3) is 0.167. The molecule has 0 aliphatic rings. The summed E-state index contributed by atoms with van der Waals surface area (Å²) in [5, 5.41) is 5.56. The van der Waals surface area contributed by atoms with Crippen molar-refractivity contribution in [2.45, 2.75) is 6.42 Å². The van der Waals surface area contributed by atoms with Gasteiger partial charge in [-0.1, -0.05) is 11.6 Å². The van der Waals surface area contributed by atoms with E-state index < -0.39 is 5.82 Å². The Bertz CT molecular complexity index is 603. The van der Waals surface area contributed by atoms with Gasteiger partial charge in [-0.05, 0) is 18.2 Å². The summed E-state index contributed by atoms with van der Waals surface area (Å²) in [5.41, 5.74) is 1.17. The molecule has 0 unspecified atom stereocenters. The van der Waals surface area contributed by atoms with Crippen LogP contribution in [-0.2, 0) is 16.0 Å². The van der Waals surface area contributed by atoms with Gasteiger partial charge in [0.2, 0.25) is 0 Å². The van der Waals surface area contributed by atoms with Crippen LogP contribution in [0.3, 0.4) is 0 Å². The molecule has 1 heterocycles. The smallest absolute Gasteiger partial charge is 0.311 e. The van der Waals surface area contributed by atoms with Crippen LogP contribution in [0, 0.1) is 5.82 Å². The molecule has 4 nitrogen and oxygen atoms in total. The number of nitrogens with zero attached hydrogens (tertiary/aromatic N) is 1. The molecular formula is C12H10ClFN2O2S. The van der Waals surface area contributed by atoms with Crippen molar-refractivity contribution >= 4 is 39.7 Å². The summed E-state index contributed by atoms with van der Waals surface area (Å²) in [6.45, 7) is 0. The molecule has 0 bridgehead atoms. The SMILES string of the molecule is COC(=O)Cc1csc(Nc2ccc(F)cc2Cl)n1. The average molecular weight is 301 g/mol. The number of nitrogens with one attached hydrogen (secondary N) is 1. The number of thiazole rings is 1. The summed E-state index contributed by atoms with van der Waals surface area (Å²) in [5.74, 6) is -0.752. The molecule has 19 heavy (non-hydrogen) atoms. The molecule has 1 N–H and O–H groups in total. The van der Waals surface area contributed by atoms with E-state index in [0.717, 1.165) is 0 Å². The highest BCUT2D eigenvalue weighted by molar-refractivity contribution is 7.13. The molecule has 1 aromatic heterocycles. The van der Waals surface area contributed by atoms with Gasteiger partial charge in [-0.15, -0.1) is 11.3 Å². The first-order chi connectivity index (χ1) is 9.08. The maximum absolute atomic E-state index is 12.9. The van der Waals surface area contributed by atoms with Crippen molar-refractivity contribution in [3.8, 4) is 0 Å². The van der Waals surface area contributed by atoms with Crippen LogP contribution in [0.25, 0.3) is 0 Å². The molecule has 0 atom stereocenters. The molecule has 0 saturated heterocycles. The summed E-state index contributed by atoms with van der Waals surface area (Å²) in [7, 11) is 1.33. The quantitative estimate of drug-likeness (QED) is 0.879. The van der Waals surface area contributed by atoms with Crippen LogP contribution in [0.1, 0.15) is 5.69 Å². The van der Waals surface area contributed by atoms with Crippen molar-refractivity contribution in [1.82, 2.24) is 4.98 Å². The van der Waals surface area contributed by atoms with E-state index in [0.29, 0.717) is 16.5 Å². The van der Waals surface area contributed by atoms with Crippen LogP contribution in [0.4, 0.5) is 15.2 Å². The standard InChI is InChI=1S/C12H10ClFN2O2S/c1-18-11(17)5-8-6-19-12(15-8)16-10-3-2-7(14)4-9(10)13/h2-4,6H,5H2,1H3,(H,15,16). The number of carbonyl (C=O) groups excluding carboxylic acids is 1. The highest BCUT2D eigenvalue weighted by Crippen LogP contribution is 2.27. The number of carbonyl (C=O) groups is 1. The fourth-order valence-electron chi connectivity index (χ4n) is 1.37. The number of benzene rings is 1. The Morgan fingerprint density at radius 3 is 3.05 bits per heavy atom. The minimum atomic E-state index is -0.402. The van der Waals surface area contributed by atoms with E-state index >= 15 is 0 Å². The molecule has 2 rings (SSSR count). The highest BCUT2D eigenvalue weighted by atomic mass is 35.5. The van der Waals surface area contributed by atoms with Crippen molar-refractivity contribution < 1.29 is 13.9 Å². The van der Waals surface area contributed by atoms with Gasteiger partial charge < -0.3 is 10.1 Å². The molecule has 0 radical (unpaired) electrons. The number of ether oxygens (including phenoxy) is 1. The molecule has 0 spiro atoms. The third-order valence-electron chi connectivity index (χ3n) is 2.28. The normalized spacial score (nSPS) is 10.3. The summed E-state index contributed by atoms with van der Waals surface area (Å²) in [4.78, 5) is 15.3. The van der Waals surface area contributed by atoms with E-state index in [-0.39, 0.29) is 17.4 Å². The second kappa shape index (κ2) is 5.99. The summed E-state index contributed by atoms with van der Waals surface area (Å²) in [6, 6.07) is 4.04. The fourth-order valence-corrected chi connectivity index (χ4v) is 2.31. The highest BCUT2D eigenvalue weighted by Gasteiger charge is 2.09. The van der Waals surface area contributed by atoms with Crippen molar-refractivity contribution in [2.24, 2.45) is 0 Å². The van der Waals surface area contributed by atoms with E-state index in [2.05, 4.69) is 15.0 Å². The minimum absolute atomic E-state index is 0.117. The molecule has 0 aliphatic heterocycles. The van der Waals surface area contributed by atoms with Crippen LogP contribution >= 0.6 is 22.9 Å². The molecule has 100 valence electrons. The van der Waals surface area contributed by atoms with Gasteiger partial charge in [0.15, 0.2) is 5.13 Å². The van der Waals surface area contributed by atoms with E-state index in [1.54, 1.807) is 5.38 Å². The van der Waals surface area contributed by atoms with Crippen LogP contribution < -0.4 is 5.32 Å². The number of hydrogen-bond acceptors (Lipinski definition) is 5.